The maximum absolute atomic E-state index is 11.2. The molecule has 1 rings (SSSR count). The summed E-state index contributed by atoms with van der Waals surface area (Å²) in [6, 6.07) is 0. The highest BCUT2D eigenvalue weighted by molar-refractivity contribution is 7.85. The van der Waals surface area contributed by atoms with Crippen LogP contribution in [-0.2, 0) is 10.8 Å². The predicted molar refractivity (Wildman–Crippen MR) is 71.3 cm³/mol. The molecule has 0 unspecified atom stereocenters. The second-order valence-electron chi connectivity index (χ2n) is 5.57. The minimum Gasteiger partial charge on any atom is -0.312 e. The Morgan fingerprint density at radius 1 is 1.19 bits per heavy atom. The molecular weight excluding hydrogens is 220 g/mol. The Bertz CT molecular complexity index is 216. The zero-order chi connectivity index (χ0) is 12.0. The molecule has 16 heavy (non-hydrogen) atoms. The van der Waals surface area contributed by atoms with Crippen molar-refractivity contribution in [3.63, 3.8) is 0 Å². The maximum atomic E-state index is 11.2. The minimum atomic E-state index is -0.536. The third-order valence-corrected chi connectivity index (χ3v) is 4.10. The lowest BCUT2D eigenvalue weighted by Gasteiger charge is -2.26. The van der Waals surface area contributed by atoms with Gasteiger partial charge in [0.05, 0.1) is 0 Å². The molecule has 0 saturated carbocycles. The molecule has 4 heteroatoms. The van der Waals surface area contributed by atoms with Crippen LogP contribution in [0, 0.1) is 0 Å². The fraction of sp³-hybridized carbons (Fsp3) is 1.00. The molecule has 1 heterocycles. The Morgan fingerprint density at radius 2 is 1.81 bits per heavy atom. The Hall–Kier alpha value is 0.0700. The van der Waals surface area contributed by atoms with Crippen LogP contribution >= 0.6 is 0 Å². The SMILES string of the molecule is CC(C)(C)NCCCCN1CCS(=O)CC1. The molecular formula is C12H26N2OS. The fourth-order valence-corrected chi connectivity index (χ4v) is 2.95. The van der Waals surface area contributed by atoms with Crippen molar-refractivity contribution in [1.29, 1.82) is 0 Å². The van der Waals surface area contributed by atoms with Gasteiger partial charge >= 0.3 is 0 Å². The Morgan fingerprint density at radius 3 is 2.38 bits per heavy atom. The van der Waals surface area contributed by atoms with Crippen molar-refractivity contribution in [2.75, 3.05) is 37.7 Å². The molecule has 0 aromatic carbocycles. The third kappa shape index (κ3) is 6.61. The zero-order valence-corrected chi connectivity index (χ0v) is 11.7. The number of nitrogens with one attached hydrogen (secondary N) is 1. The van der Waals surface area contributed by atoms with Crippen molar-refractivity contribution < 1.29 is 4.21 Å². The summed E-state index contributed by atoms with van der Waals surface area (Å²) < 4.78 is 11.2. The summed E-state index contributed by atoms with van der Waals surface area (Å²) in [6.45, 7) is 10.9. The van der Waals surface area contributed by atoms with E-state index in [1.54, 1.807) is 0 Å². The van der Waals surface area contributed by atoms with Gasteiger partial charge in [0.1, 0.15) is 0 Å². The van der Waals surface area contributed by atoms with Gasteiger partial charge in [-0.1, -0.05) is 0 Å². The van der Waals surface area contributed by atoms with Crippen molar-refractivity contribution in [1.82, 2.24) is 10.2 Å². The average molecular weight is 246 g/mol. The van der Waals surface area contributed by atoms with Gasteiger partial charge in [0.15, 0.2) is 0 Å². The second kappa shape index (κ2) is 6.72. The minimum absolute atomic E-state index is 0.238. The van der Waals surface area contributed by atoms with E-state index in [-0.39, 0.29) is 5.54 Å². The van der Waals surface area contributed by atoms with Crippen LogP contribution in [0.15, 0.2) is 0 Å². The Labute approximate surface area is 102 Å². The summed E-state index contributed by atoms with van der Waals surface area (Å²) in [5.41, 5.74) is 0.238. The summed E-state index contributed by atoms with van der Waals surface area (Å²) in [5, 5.41) is 3.50. The predicted octanol–water partition coefficient (Wildman–Crippen LogP) is 1.22. The zero-order valence-electron chi connectivity index (χ0n) is 10.9. The van der Waals surface area contributed by atoms with Crippen LogP contribution in [0.5, 0.6) is 0 Å². The smallest absolute Gasteiger partial charge is 0.0363 e. The molecule has 1 aliphatic heterocycles. The third-order valence-electron chi connectivity index (χ3n) is 2.83. The molecule has 0 amide bonds. The summed E-state index contributed by atoms with van der Waals surface area (Å²) in [4.78, 5) is 2.44. The fourth-order valence-electron chi connectivity index (χ4n) is 1.82. The molecule has 0 aliphatic carbocycles. The van der Waals surface area contributed by atoms with E-state index in [9.17, 15) is 4.21 Å². The average Bonchev–Trinajstić information content (AvgIpc) is 2.19. The first-order chi connectivity index (χ1) is 7.47. The lowest BCUT2D eigenvalue weighted by molar-refractivity contribution is 0.289. The van der Waals surface area contributed by atoms with Crippen molar-refractivity contribution in [2.24, 2.45) is 0 Å². The largest absolute Gasteiger partial charge is 0.312 e. The van der Waals surface area contributed by atoms with Crippen LogP contribution in [0.3, 0.4) is 0 Å². The molecule has 3 nitrogen and oxygen atoms in total. The number of hydrogen-bond donors (Lipinski definition) is 1. The number of hydrogen-bond acceptors (Lipinski definition) is 3. The summed E-state index contributed by atoms with van der Waals surface area (Å²) in [7, 11) is -0.536. The topological polar surface area (TPSA) is 32.3 Å². The standard InChI is InChI=1S/C12H26N2OS/c1-12(2,3)13-6-4-5-7-14-8-10-16(15)11-9-14/h13H,4-11H2,1-3H3. The van der Waals surface area contributed by atoms with Crippen molar-refractivity contribution in [3.05, 3.63) is 0 Å². The van der Waals surface area contributed by atoms with Gasteiger partial charge in [-0.25, -0.2) is 0 Å². The molecule has 1 saturated heterocycles. The molecule has 0 aromatic heterocycles. The van der Waals surface area contributed by atoms with E-state index >= 15 is 0 Å². The molecule has 0 radical (unpaired) electrons. The lowest BCUT2D eigenvalue weighted by atomic mass is 10.1. The summed E-state index contributed by atoms with van der Waals surface area (Å²) in [6.07, 6.45) is 2.48. The van der Waals surface area contributed by atoms with Crippen molar-refractivity contribution in [3.8, 4) is 0 Å². The molecule has 1 fully saturated rings. The van der Waals surface area contributed by atoms with E-state index in [4.69, 9.17) is 0 Å². The first-order valence-corrected chi connectivity index (χ1v) is 7.78. The lowest BCUT2D eigenvalue weighted by Crippen LogP contribution is -2.39. The van der Waals surface area contributed by atoms with Crippen LogP contribution < -0.4 is 5.32 Å². The molecule has 0 atom stereocenters. The summed E-state index contributed by atoms with van der Waals surface area (Å²) >= 11 is 0. The van der Waals surface area contributed by atoms with Crippen molar-refractivity contribution >= 4 is 10.8 Å². The molecule has 0 spiro atoms. The van der Waals surface area contributed by atoms with Crippen LogP contribution in [-0.4, -0.2) is 52.3 Å². The number of rotatable bonds is 5. The monoisotopic (exact) mass is 246 g/mol. The first-order valence-electron chi connectivity index (χ1n) is 6.30. The first kappa shape index (κ1) is 14.1. The highest BCUT2D eigenvalue weighted by Crippen LogP contribution is 2.03. The van der Waals surface area contributed by atoms with E-state index in [2.05, 4.69) is 31.0 Å². The quantitative estimate of drug-likeness (QED) is 0.740. The van der Waals surface area contributed by atoms with Gasteiger partial charge in [-0.15, -0.1) is 0 Å². The second-order valence-corrected chi connectivity index (χ2v) is 7.27. The molecule has 0 bridgehead atoms. The van der Waals surface area contributed by atoms with Gasteiger partial charge in [0, 0.05) is 40.9 Å². The molecule has 1 aliphatic rings. The van der Waals surface area contributed by atoms with Crippen LogP contribution in [0.1, 0.15) is 33.6 Å². The van der Waals surface area contributed by atoms with E-state index in [1.165, 1.54) is 19.4 Å². The van der Waals surface area contributed by atoms with E-state index < -0.39 is 10.8 Å². The maximum Gasteiger partial charge on any atom is 0.0363 e. The Kier molecular flexibility index (Phi) is 5.94. The van der Waals surface area contributed by atoms with Gasteiger partial charge < -0.3 is 10.2 Å². The molecule has 0 aromatic rings. The van der Waals surface area contributed by atoms with E-state index in [1.807, 2.05) is 0 Å². The van der Waals surface area contributed by atoms with E-state index in [0.29, 0.717) is 0 Å². The Balaban J connectivity index is 1.97. The number of nitrogens with zero attached hydrogens (tertiary/aromatic N) is 1. The highest BCUT2D eigenvalue weighted by Gasteiger charge is 2.14. The van der Waals surface area contributed by atoms with Gasteiger partial charge in [-0.3, -0.25) is 4.21 Å². The molecule has 96 valence electrons. The normalized spacial score (nSPS) is 20.2. The molecule has 1 N–H and O–H groups in total. The van der Waals surface area contributed by atoms with Crippen LogP contribution in [0.25, 0.3) is 0 Å². The van der Waals surface area contributed by atoms with Gasteiger partial charge in [0.25, 0.3) is 0 Å². The number of unbranched alkanes of at least 4 members (excludes halogenated alkanes) is 1. The van der Waals surface area contributed by atoms with Crippen LogP contribution in [0.4, 0.5) is 0 Å². The van der Waals surface area contributed by atoms with Gasteiger partial charge in [0.2, 0.25) is 0 Å². The highest BCUT2D eigenvalue weighted by atomic mass is 32.2. The van der Waals surface area contributed by atoms with Gasteiger partial charge in [-0.05, 0) is 46.7 Å². The van der Waals surface area contributed by atoms with Gasteiger partial charge in [-0.2, -0.15) is 0 Å². The van der Waals surface area contributed by atoms with Crippen molar-refractivity contribution in [2.45, 2.75) is 39.2 Å². The van der Waals surface area contributed by atoms with E-state index in [0.717, 1.165) is 31.1 Å². The van der Waals surface area contributed by atoms with Crippen LogP contribution in [0.2, 0.25) is 0 Å². The summed E-state index contributed by atoms with van der Waals surface area (Å²) in [5.74, 6) is 1.75.